The quantitative estimate of drug-likeness (QED) is 0.743. The van der Waals surface area contributed by atoms with Crippen molar-refractivity contribution in [3.05, 3.63) is 47.3 Å². The van der Waals surface area contributed by atoms with E-state index in [4.69, 9.17) is 0 Å². The molecule has 7 nitrogen and oxygen atoms in total. The number of pyridine rings is 1. The smallest absolute Gasteiger partial charge is 0.289 e. The normalized spacial score (nSPS) is 13.2. The van der Waals surface area contributed by atoms with E-state index in [1.54, 1.807) is 24.3 Å². The zero-order valence-electron chi connectivity index (χ0n) is 17.6. The van der Waals surface area contributed by atoms with Gasteiger partial charge >= 0.3 is 0 Å². The highest BCUT2D eigenvalue weighted by atomic mass is 16.2. The van der Waals surface area contributed by atoms with Crippen molar-refractivity contribution in [3.63, 3.8) is 0 Å². The molecule has 0 unspecified atom stereocenters. The second-order valence-electron chi connectivity index (χ2n) is 8.11. The number of amides is 2. The number of carbonyl (C=O) groups is 2. The largest absolute Gasteiger partial charge is 0.351 e. The average molecular weight is 398 g/mol. The molecular weight excluding hydrogens is 366 g/mol. The highest BCUT2D eigenvalue weighted by Crippen LogP contribution is 2.22. The van der Waals surface area contributed by atoms with Gasteiger partial charge < -0.3 is 14.8 Å². The number of nitrogens with one attached hydrogen (secondary N) is 1. The molecule has 0 aromatic carbocycles. The average Bonchev–Trinajstić information content (AvgIpc) is 3.11. The van der Waals surface area contributed by atoms with Crippen LogP contribution in [0.4, 0.5) is 0 Å². The first-order valence-corrected chi connectivity index (χ1v) is 10.5. The number of hydrogen-bond acceptors (Lipinski definition) is 4. The van der Waals surface area contributed by atoms with Crippen LogP contribution in [0.2, 0.25) is 0 Å². The van der Waals surface area contributed by atoms with Gasteiger partial charge in [-0.1, -0.05) is 13.8 Å². The molecule has 1 aliphatic heterocycles. The van der Waals surface area contributed by atoms with Crippen molar-refractivity contribution in [1.82, 2.24) is 24.8 Å². The fraction of sp³-hybridized carbons (Fsp3) is 0.545. The Hall–Kier alpha value is -2.70. The van der Waals surface area contributed by atoms with Crippen LogP contribution in [0.25, 0.3) is 0 Å². The molecule has 29 heavy (non-hydrogen) atoms. The van der Waals surface area contributed by atoms with E-state index in [2.05, 4.69) is 29.1 Å². The van der Waals surface area contributed by atoms with E-state index in [0.29, 0.717) is 30.5 Å². The number of aromatic nitrogens is 3. The van der Waals surface area contributed by atoms with Gasteiger partial charge in [0, 0.05) is 39.1 Å². The summed E-state index contributed by atoms with van der Waals surface area (Å²) in [7, 11) is 1.79. The van der Waals surface area contributed by atoms with Crippen molar-refractivity contribution in [2.24, 2.45) is 5.92 Å². The van der Waals surface area contributed by atoms with E-state index in [1.165, 1.54) is 0 Å². The first-order valence-electron chi connectivity index (χ1n) is 10.5. The Morgan fingerprint density at radius 1 is 1.24 bits per heavy atom. The summed E-state index contributed by atoms with van der Waals surface area (Å²) in [5.41, 5.74) is 2.44. The number of rotatable bonds is 8. The molecule has 1 N–H and O–H groups in total. The van der Waals surface area contributed by atoms with Crippen LogP contribution in [-0.2, 0) is 19.4 Å². The standard InChI is InChI=1S/C22H31N5O2/c1-16(2)7-13-24-21(28)19-18-6-4-5-14-27(18)20(25-19)22(29)26(3)15-10-17-8-11-23-12-9-17/h8-9,11-12,16H,4-7,10,13-15H2,1-3H3,(H,24,28). The van der Waals surface area contributed by atoms with Gasteiger partial charge in [0.25, 0.3) is 11.8 Å². The first kappa shape index (κ1) is 21.0. The third-order valence-corrected chi connectivity index (χ3v) is 5.36. The van der Waals surface area contributed by atoms with Crippen molar-refractivity contribution in [3.8, 4) is 0 Å². The second-order valence-corrected chi connectivity index (χ2v) is 8.11. The summed E-state index contributed by atoms with van der Waals surface area (Å²) in [6.45, 7) is 6.20. The minimum absolute atomic E-state index is 0.136. The summed E-state index contributed by atoms with van der Waals surface area (Å²) in [5, 5.41) is 2.96. The molecule has 7 heteroatoms. The van der Waals surface area contributed by atoms with Gasteiger partial charge in [0.05, 0.1) is 5.69 Å². The van der Waals surface area contributed by atoms with Crippen molar-refractivity contribution in [1.29, 1.82) is 0 Å². The lowest BCUT2D eigenvalue weighted by molar-refractivity contribution is 0.0778. The number of likely N-dealkylation sites (N-methyl/N-ethyl adjacent to an activating group) is 1. The van der Waals surface area contributed by atoms with E-state index in [9.17, 15) is 9.59 Å². The van der Waals surface area contributed by atoms with E-state index in [1.807, 2.05) is 16.7 Å². The van der Waals surface area contributed by atoms with E-state index in [0.717, 1.165) is 49.9 Å². The van der Waals surface area contributed by atoms with Gasteiger partial charge in [-0.3, -0.25) is 14.6 Å². The molecule has 1 aliphatic rings. The minimum atomic E-state index is -0.171. The van der Waals surface area contributed by atoms with Crippen LogP contribution >= 0.6 is 0 Å². The number of imidazole rings is 1. The molecule has 0 bridgehead atoms. The fourth-order valence-corrected chi connectivity index (χ4v) is 3.56. The third kappa shape index (κ3) is 5.22. The molecule has 2 amide bonds. The lowest BCUT2D eigenvalue weighted by Gasteiger charge is -2.20. The van der Waals surface area contributed by atoms with Crippen molar-refractivity contribution in [2.75, 3.05) is 20.1 Å². The van der Waals surface area contributed by atoms with E-state index < -0.39 is 0 Å². The summed E-state index contributed by atoms with van der Waals surface area (Å²) in [4.78, 5) is 36.0. The zero-order chi connectivity index (χ0) is 20.8. The van der Waals surface area contributed by atoms with Gasteiger partial charge in [0.2, 0.25) is 0 Å². The predicted octanol–water partition coefficient (Wildman–Crippen LogP) is 2.71. The molecule has 0 aliphatic carbocycles. The van der Waals surface area contributed by atoms with Gasteiger partial charge in [0.1, 0.15) is 5.69 Å². The lowest BCUT2D eigenvalue weighted by atomic mass is 10.1. The van der Waals surface area contributed by atoms with E-state index in [-0.39, 0.29) is 11.8 Å². The number of nitrogens with zero attached hydrogens (tertiary/aromatic N) is 4. The Bertz CT molecular complexity index is 844. The Labute approximate surface area is 172 Å². The Kier molecular flexibility index (Phi) is 7.01. The summed E-state index contributed by atoms with van der Waals surface area (Å²) in [5.74, 6) is 0.599. The molecule has 156 valence electrons. The van der Waals surface area contributed by atoms with Crippen molar-refractivity contribution in [2.45, 2.75) is 52.5 Å². The topological polar surface area (TPSA) is 80.1 Å². The number of carbonyl (C=O) groups excluding carboxylic acids is 2. The van der Waals surface area contributed by atoms with Crippen molar-refractivity contribution < 1.29 is 9.59 Å². The maximum atomic E-state index is 13.1. The number of fused-ring (bicyclic) bond motifs is 1. The molecule has 3 rings (SSSR count). The first-order chi connectivity index (χ1) is 14.0. The second kappa shape index (κ2) is 9.67. The van der Waals surface area contributed by atoms with E-state index >= 15 is 0 Å². The summed E-state index contributed by atoms with van der Waals surface area (Å²) < 4.78 is 1.95. The lowest BCUT2D eigenvalue weighted by Crippen LogP contribution is -2.32. The molecule has 0 saturated heterocycles. The maximum absolute atomic E-state index is 13.1. The molecule has 0 radical (unpaired) electrons. The number of hydrogen-bond donors (Lipinski definition) is 1. The highest BCUT2D eigenvalue weighted by molar-refractivity contribution is 5.97. The van der Waals surface area contributed by atoms with Crippen LogP contribution in [0.15, 0.2) is 24.5 Å². The van der Waals surface area contributed by atoms with Crippen LogP contribution in [-0.4, -0.2) is 51.4 Å². The minimum Gasteiger partial charge on any atom is -0.351 e. The zero-order valence-corrected chi connectivity index (χ0v) is 17.6. The van der Waals surface area contributed by atoms with Crippen LogP contribution in [0.1, 0.15) is 65.5 Å². The molecule has 0 atom stereocenters. The molecule has 0 spiro atoms. The monoisotopic (exact) mass is 397 g/mol. The maximum Gasteiger partial charge on any atom is 0.289 e. The predicted molar refractivity (Wildman–Crippen MR) is 112 cm³/mol. The van der Waals surface area contributed by atoms with Crippen LogP contribution < -0.4 is 5.32 Å². The van der Waals surface area contributed by atoms with Crippen LogP contribution in [0.5, 0.6) is 0 Å². The molecule has 0 saturated carbocycles. The van der Waals surface area contributed by atoms with Crippen molar-refractivity contribution >= 4 is 11.8 Å². The Morgan fingerprint density at radius 2 is 2.00 bits per heavy atom. The van der Waals surface area contributed by atoms with Crippen LogP contribution in [0.3, 0.4) is 0 Å². The SMILES string of the molecule is CC(C)CCNC(=O)c1nc(C(=O)N(C)CCc2ccncc2)n2c1CCCC2. The van der Waals surface area contributed by atoms with Gasteiger partial charge in [0.15, 0.2) is 5.82 Å². The van der Waals surface area contributed by atoms with Crippen LogP contribution in [0, 0.1) is 5.92 Å². The molecule has 2 aromatic heterocycles. The fourth-order valence-electron chi connectivity index (χ4n) is 3.56. The van der Waals surface area contributed by atoms with Gasteiger partial charge in [-0.15, -0.1) is 0 Å². The summed E-state index contributed by atoms with van der Waals surface area (Å²) in [6.07, 6.45) is 7.99. The Morgan fingerprint density at radius 3 is 2.72 bits per heavy atom. The summed E-state index contributed by atoms with van der Waals surface area (Å²) >= 11 is 0. The van der Waals surface area contributed by atoms with Gasteiger partial charge in [-0.05, 0) is 55.7 Å². The molecule has 2 aromatic rings. The third-order valence-electron chi connectivity index (χ3n) is 5.36. The van der Waals surface area contributed by atoms with Gasteiger partial charge in [-0.25, -0.2) is 4.98 Å². The molecular formula is C22H31N5O2. The Balaban J connectivity index is 1.73. The molecule has 0 fully saturated rings. The molecule has 3 heterocycles. The van der Waals surface area contributed by atoms with Gasteiger partial charge in [-0.2, -0.15) is 0 Å². The summed E-state index contributed by atoms with van der Waals surface area (Å²) in [6, 6.07) is 3.91. The highest BCUT2D eigenvalue weighted by Gasteiger charge is 2.28.